The van der Waals surface area contributed by atoms with E-state index in [0.29, 0.717) is 25.3 Å². The van der Waals surface area contributed by atoms with Gasteiger partial charge in [-0.1, -0.05) is 31.5 Å². The van der Waals surface area contributed by atoms with Crippen LogP contribution in [0.25, 0.3) is 10.9 Å². The van der Waals surface area contributed by atoms with Crippen molar-refractivity contribution in [2.45, 2.75) is 32.6 Å². The van der Waals surface area contributed by atoms with Crippen LogP contribution in [0.2, 0.25) is 0 Å². The summed E-state index contributed by atoms with van der Waals surface area (Å²) in [4.78, 5) is 26.8. The van der Waals surface area contributed by atoms with Gasteiger partial charge < -0.3 is 10.2 Å². The number of nitrogens with zero attached hydrogens (tertiary/aromatic N) is 2. The Kier molecular flexibility index (Phi) is 5.13. The number of hydrogen-bond donors (Lipinski definition) is 2. The molecule has 1 aromatic carbocycles. The minimum absolute atomic E-state index is 0.0628. The second-order valence-corrected chi connectivity index (χ2v) is 6.35. The Labute approximate surface area is 141 Å². The standard InChI is InChI=1S/C18H24N4O2/c1-2-3-10-19-17(23)13-7-6-11-22(12-13)18(24)16-14-8-4-5-9-15(14)20-21-16/h4-5,8-9,13H,2-3,6-7,10-12H2,1H3,(H,19,23)(H,20,21). The van der Waals surface area contributed by atoms with Crippen molar-refractivity contribution in [1.82, 2.24) is 20.4 Å². The minimum Gasteiger partial charge on any atom is -0.356 e. The maximum atomic E-state index is 12.8. The zero-order chi connectivity index (χ0) is 16.9. The molecule has 0 radical (unpaired) electrons. The predicted octanol–water partition coefficient (Wildman–Crippen LogP) is 2.33. The molecule has 6 nitrogen and oxygen atoms in total. The Bertz CT molecular complexity index is 725. The molecule has 1 unspecified atom stereocenters. The number of piperidine rings is 1. The first kappa shape index (κ1) is 16.5. The van der Waals surface area contributed by atoms with Crippen molar-refractivity contribution in [2.24, 2.45) is 5.92 Å². The number of aromatic nitrogens is 2. The lowest BCUT2D eigenvalue weighted by Gasteiger charge is -2.31. The number of hydrogen-bond acceptors (Lipinski definition) is 3. The number of benzene rings is 1. The number of fused-ring (bicyclic) bond motifs is 1. The first-order chi connectivity index (χ1) is 11.7. The number of carbonyl (C=O) groups excluding carboxylic acids is 2. The van der Waals surface area contributed by atoms with Gasteiger partial charge in [0.25, 0.3) is 5.91 Å². The fourth-order valence-electron chi connectivity index (χ4n) is 3.18. The van der Waals surface area contributed by atoms with Crippen LogP contribution >= 0.6 is 0 Å². The van der Waals surface area contributed by atoms with E-state index in [9.17, 15) is 9.59 Å². The smallest absolute Gasteiger partial charge is 0.275 e. The molecule has 1 saturated heterocycles. The summed E-state index contributed by atoms with van der Waals surface area (Å²) in [7, 11) is 0. The number of H-pyrrole nitrogens is 1. The molecule has 3 rings (SSSR count). The second-order valence-electron chi connectivity index (χ2n) is 6.35. The van der Waals surface area contributed by atoms with Crippen LogP contribution in [0.3, 0.4) is 0 Å². The number of carbonyl (C=O) groups is 2. The molecule has 2 amide bonds. The quantitative estimate of drug-likeness (QED) is 0.827. The van der Waals surface area contributed by atoms with E-state index in [1.54, 1.807) is 4.90 Å². The molecule has 1 aliphatic rings. The molecule has 0 spiro atoms. The number of amides is 2. The van der Waals surface area contributed by atoms with Gasteiger partial charge in [0.15, 0.2) is 5.69 Å². The van der Waals surface area contributed by atoms with E-state index in [0.717, 1.165) is 36.6 Å². The Hall–Kier alpha value is -2.37. The highest BCUT2D eigenvalue weighted by atomic mass is 16.2. The van der Waals surface area contributed by atoms with Crippen molar-refractivity contribution in [3.8, 4) is 0 Å². The third-order valence-electron chi connectivity index (χ3n) is 4.58. The van der Waals surface area contributed by atoms with E-state index in [1.807, 2.05) is 24.3 Å². The largest absolute Gasteiger partial charge is 0.356 e. The van der Waals surface area contributed by atoms with Crippen molar-refractivity contribution in [3.63, 3.8) is 0 Å². The normalized spacial score (nSPS) is 17.9. The molecule has 1 aromatic heterocycles. The summed E-state index contributed by atoms with van der Waals surface area (Å²) in [6.45, 7) is 3.96. The third-order valence-corrected chi connectivity index (χ3v) is 4.58. The fourth-order valence-corrected chi connectivity index (χ4v) is 3.18. The van der Waals surface area contributed by atoms with Crippen molar-refractivity contribution in [2.75, 3.05) is 19.6 Å². The van der Waals surface area contributed by atoms with Crippen LogP contribution in [0.4, 0.5) is 0 Å². The van der Waals surface area contributed by atoms with E-state index in [1.165, 1.54) is 0 Å². The van der Waals surface area contributed by atoms with Crippen LogP contribution in [-0.4, -0.2) is 46.5 Å². The maximum Gasteiger partial charge on any atom is 0.275 e. The van der Waals surface area contributed by atoms with Crippen molar-refractivity contribution < 1.29 is 9.59 Å². The van der Waals surface area contributed by atoms with Crippen LogP contribution in [0.15, 0.2) is 24.3 Å². The Morgan fingerprint density at radius 2 is 2.21 bits per heavy atom. The van der Waals surface area contributed by atoms with Crippen LogP contribution in [0, 0.1) is 5.92 Å². The Balaban J connectivity index is 1.68. The SMILES string of the molecule is CCCCNC(=O)C1CCCN(C(=O)c2n[nH]c3ccccc23)C1. The van der Waals surface area contributed by atoms with Gasteiger partial charge in [-0.3, -0.25) is 14.7 Å². The molecule has 1 atom stereocenters. The van der Waals surface area contributed by atoms with Gasteiger partial charge in [0, 0.05) is 25.0 Å². The highest BCUT2D eigenvalue weighted by Gasteiger charge is 2.30. The van der Waals surface area contributed by atoms with Crippen LogP contribution < -0.4 is 5.32 Å². The first-order valence-corrected chi connectivity index (χ1v) is 8.70. The lowest BCUT2D eigenvalue weighted by molar-refractivity contribution is -0.126. The van der Waals surface area contributed by atoms with Gasteiger partial charge in [0.05, 0.1) is 11.4 Å². The molecule has 6 heteroatoms. The zero-order valence-electron chi connectivity index (χ0n) is 14.0. The highest BCUT2D eigenvalue weighted by Crippen LogP contribution is 2.22. The molecular weight excluding hydrogens is 304 g/mol. The summed E-state index contributed by atoms with van der Waals surface area (Å²) in [5.74, 6) is -0.156. The summed E-state index contributed by atoms with van der Waals surface area (Å²) in [6, 6.07) is 7.60. The number of para-hydroxylation sites is 1. The summed E-state index contributed by atoms with van der Waals surface area (Å²) >= 11 is 0. The van der Waals surface area contributed by atoms with Gasteiger partial charge in [0.1, 0.15) is 0 Å². The van der Waals surface area contributed by atoms with Crippen molar-refractivity contribution >= 4 is 22.7 Å². The van der Waals surface area contributed by atoms with Gasteiger partial charge in [-0.25, -0.2) is 0 Å². The number of nitrogens with one attached hydrogen (secondary N) is 2. The lowest BCUT2D eigenvalue weighted by atomic mass is 9.96. The molecule has 24 heavy (non-hydrogen) atoms. The number of likely N-dealkylation sites (tertiary alicyclic amines) is 1. The molecule has 1 fully saturated rings. The predicted molar refractivity (Wildman–Crippen MR) is 92.6 cm³/mol. The Morgan fingerprint density at radius 1 is 1.38 bits per heavy atom. The topological polar surface area (TPSA) is 78.1 Å². The summed E-state index contributed by atoms with van der Waals surface area (Å²) in [5, 5.41) is 10.9. The van der Waals surface area contributed by atoms with E-state index in [2.05, 4.69) is 22.4 Å². The molecule has 0 aliphatic carbocycles. The van der Waals surface area contributed by atoms with E-state index >= 15 is 0 Å². The summed E-state index contributed by atoms with van der Waals surface area (Å²) in [5.41, 5.74) is 1.30. The fraction of sp³-hybridized carbons (Fsp3) is 0.500. The molecule has 2 N–H and O–H groups in total. The van der Waals surface area contributed by atoms with Gasteiger partial charge in [-0.2, -0.15) is 5.10 Å². The summed E-state index contributed by atoms with van der Waals surface area (Å²) in [6.07, 6.45) is 3.73. The molecule has 2 aromatic rings. The highest BCUT2D eigenvalue weighted by molar-refractivity contribution is 6.04. The van der Waals surface area contributed by atoms with E-state index in [-0.39, 0.29) is 17.7 Å². The zero-order valence-corrected chi connectivity index (χ0v) is 14.0. The summed E-state index contributed by atoms with van der Waals surface area (Å²) < 4.78 is 0. The van der Waals surface area contributed by atoms with Crippen molar-refractivity contribution in [3.05, 3.63) is 30.0 Å². The molecular formula is C18H24N4O2. The first-order valence-electron chi connectivity index (χ1n) is 8.70. The maximum absolute atomic E-state index is 12.8. The average molecular weight is 328 g/mol. The number of unbranched alkanes of at least 4 members (excludes halogenated alkanes) is 1. The van der Waals surface area contributed by atoms with Gasteiger partial charge in [-0.05, 0) is 25.3 Å². The van der Waals surface area contributed by atoms with Crippen molar-refractivity contribution in [1.29, 1.82) is 0 Å². The molecule has 128 valence electrons. The van der Waals surface area contributed by atoms with E-state index in [4.69, 9.17) is 0 Å². The Morgan fingerprint density at radius 3 is 3.04 bits per heavy atom. The number of rotatable bonds is 5. The van der Waals surface area contributed by atoms with Crippen LogP contribution in [0.5, 0.6) is 0 Å². The van der Waals surface area contributed by atoms with Gasteiger partial charge in [-0.15, -0.1) is 0 Å². The third kappa shape index (κ3) is 3.42. The van der Waals surface area contributed by atoms with Crippen LogP contribution in [-0.2, 0) is 4.79 Å². The molecule has 2 heterocycles. The molecule has 1 aliphatic heterocycles. The van der Waals surface area contributed by atoms with Crippen LogP contribution in [0.1, 0.15) is 43.1 Å². The monoisotopic (exact) mass is 328 g/mol. The average Bonchev–Trinajstić information content (AvgIpc) is 3.05. The van der Waals surface area contributed by atoms with Gasteiger partial charge in [0.2, 0.25) is 5.91 Å². The lowest BCUT2D eigenvalue weighted by Crippen LogP contribution is -2.45. The van der Waals surface area contributed by atoms with Gasteiger partial charge >= 0.3 is 0 Å². The second kappa shape index (κ2) is 7.47. The molecule has 0 saturated carbocycles. The number of aromatic amines is 1. The minimum atomic E-state index is -0.121. The van der Waals surface area contributed by atoms with E-state index < -0.39 is 0 Å². The molecule has 0 bridgehead atoms.